The van der Waals surface area contributed by atoms with E-state index in [2.05, 4.69) is 0 Å². The van der Waals surface area contributed by atoms with E-state index in [4.69, 9.17) is 9.15 Å². The lowest BCUT2D eigenvalue weighted by molar-refractivity contribution is 0.0981. The summed E-state index contributed by atoms with van der Waals surface area (Å²) < 4.78 is 10.6. The Balaban J connectivity index is 1.79. The third-order valence-electron chi connectivity index (χ3n) is 5.02. The van der Waals surface area contributed by atoms with E-state index in [9.17, 15) is 9.59 Å². The van der Waals surface area contributed by atoms with Crippen LogP contribution in [0.5, 0.6) is 5.75 Å². The van der Waals surface area contributed by atoms with Gasteiger partial charge in [0.1, 0.15) is 16.9 Å². The van der Waals surface area contributed by atoms with Crippen molar-refractivity contribution in [3.8, 4) is 5.75 Å². The first kappa shape index (κ1) is 19.5. The molecular weight excluding hydrogens is 378 g/mol. The average molecular weight is 399 g/mol. The molecule has 150 valence electrons. The summed E-state index contributed by atoms with van der Waals surface area (Å²) in [6.45, 7) is 2.24. The smallest absolute Gasteiger partial charge is 0.349 e. The number of carbonyl (C=O) groups excluding carboxylic acids is 1. The molecule has 0 atom stereocenters. The molecule has 0 saturated carbocycles. The van der Waals surface area contributed by atoms with Crippen LogP contribution in [0, 0.1) is 6.92 Å². The molecule has 0 bridgehead atoms. The van der Waals surface area contributed by atoms with Crippen molar-refractivity contribution in [2.75, 3.05) is 12.0 Å². The molecule has 0 fully saturated rings. The van der Waals surface area contributed by atoms with E-state index in [-0.39, 0.29) is 5.56 Å². The minimum atomic E-state index is -0.646. The number of para-hydroxylation sites is 2. The second-order valence-electron chi connectivity index (χ2n) is 7.01. The molecule has 0 unspecified atom stereocenters. The number of rotatable bonds is 5. The van der Waals surface area contributed by atoms with Crippen molar-refractivity contribution in [1.82, 2.24) is 0 Å². The van der Waals surface area contributed by atoms with Gasteiger partial charge in [-0.3, -0.25) is 4.79 Å². The molecule has 0 saturated heterocycles. The van der Waals surface area contributed by atoms with Crippen LogP contribution in [0.25, 0.3) is 11.0 Å². The van der Waals surface area contributed by atoms with E-state index < -0.39 is 11.5 Å². The molecule has 1 amide bonds. The fraction of sp³-hybridized carbons (Fsp3) is 0.120. The molecule has 4 aromatic rings. The maximum Gasteiger partial charge on any atom is 0.349 e. The van der Waals surface area contributed by atoms with Crippen LogP contribution < -0.4 is 15.3 Å². The van der Waals surface area contributed by atoms with Crippen molar-refractivity contribution >= 4 is 22.6 Å². The van der Waals surface area contributed by atoms with Gasteiger partial charge in [0.15, 0.2) is 0 Å². The number of hydrogen-bond donors (Lipinski definition) is 0. The zero-order valence-electron chi connectivity index (χ0n) is 16.8. The summed E-state index contributed by atoms with van der Waals surface area (Å²) in [6.07, 6.45) is 0. The fourth-order valence-corrected chi connectivity index (χ4v) is 3.40. The zero-order chi connectivity index (χ0) is 21.1. The van der Waals surface area contributed by atoms with Gasteiger partial charge in [-0.15, -0.1) is 0 Å². The molecule has 0 radical (unpaired) electrons. The molecule has 5 heteroatoms. The molecule has 4 rings (SSSR count). The predicted octanol–water partition coefficient (Wildman–Crippen LogP) is 4.96. The summed E-state index contributed by atoms with van der Waals surface area (Å²) in [5.74, 6) is 0.335. The monoisotopic (exact) mass is 399 g/mol. The topological polar surface area (TPSA) is 59.8 Å². The lowest BCUT2D eigenvalue weighted by Gasteiger charge is -2.24. The van der Waals surface area contributed by atoms with Gasteiger partial charge >= 0.3 is 5.63 Å². The average Bonchev–Trinajstić information content (AvgIpc) is 2.77. The van der Waals surface area contributed by atoms with E-state index in [1.54, 1.807) is 30.2 Å². The van der Waals surface area contributed by atoms with Crippen LogP contribution in [0.2, 0.25) is 0 Å². The summed E-state index contributed by atoms with van der Waals surface area (Å²) >= 11 is 0. The molecule has 0 N–H and O–H groups in total. The zero-order valence-corrected chi connectivity index (χ0v) is 16.8. The summed E-state index contributed by atoms with van der Waals surface area (Å²) in [4.78, 5) is 27.7. The van der Waals surface area contributed by atoms with Gasteiger partial charge < -0.3 is 14.1 Å². The maximum absolute atomic E-state index is 13.5. The van der Waals surface area contributed by atoms with Crippen LogP contribution >= 0.6 is 0 Å². The molecule has 0 spiro atoms. The number of carbonyl (C=O) groups is 1. The number of amides is 1. The molecule has 0 aliphatic heterocycles. The van der Waals surface area contributed by atoms with Gasteiger partial charge in [-0.2, -0.15) is 0 Å². The molecule has 30 heavy (non-hydrogen) atoms. The van der Waals surface area contributed by atoms with Crippen molar-refractivity contribution in [1.29, 1.82) is 0 Å². The Labute approximate surface area is 174 Å². The Morgan fingerprint density at radius 1 is 0.967 bits per heavy atom. The number of ether oxygens (including phenoxy) is 1. The number of methoxy groups -OCH3 is 1. The van der Waals surface area contributed by atoms with Crippen molar-refractivity contribution in [2.45, 2.75) is 13.5 Å². The molecule has 3 aromatic carbocycles. The van der Waals surface area contributed by atoms with E-state index in [0.29, 0.717) is 17.5 Å². The quantitative estimate of drug-likeness (QED) is 0.445. The standard InChI is InChI=1S/C25H21NO4/c1-17-7-3-5-9-22(17)26(16-18-11-13-20(29-2)14-12-18)24(27)21-15-19-8-4-6-10-23(19)30-25(21)28/h3-15H,16H2,1-2H3. The fourth-order valence-electron chi connectivity index (χ4n) is 3.40. The van der Waals surface area contributed by atoms with Crippen molar-refractivity contribution < 1.29 is 13.9 Å². The first-order valence-corrected chi connectivity index (χ1v) is 9.60. The molecule has 0 aliphatic carbocycles. The second-order valence-corrected chi connectivity index (χ2v) is 7.01. The summed E-state index contributed by atoms with van der Waals surface area (Å²) in [7, 11) is 1.61. The molecule has 5 nitrogen and oxygen atoms in total. The highest BCUT2D eigenvalue weighted by Gasteiger charge is 2.23. The van der Waals surface area contributed by atoms with Crippen LogP contribution in [0.3, 0.4) is 0 Å². The van der Waals surface area contributed by atoms with E-state index in [1.807, 2.05) is 67.6 Å². The summed E-state index contributed by atoms with van der Waals surface area (Å²) in [5, 5.41) is 0.703. The number of hydrogen-bond acceptors (Lipinski definition) is 4. The summed E-state index contributed by atoms with van der Waals surface area (Å²) in [5.41, 5.74) is 2.40. The minimum absolute atomic E-state index is 0.00506. The van der Waals surface area contributed by atoms with E-state index in [0.717, 1.165) is 22.6 Å². The second kappa shape index (κ2) is 8.25. The normalized spacial score (nSPS) is 10.7. The highest BCUT2D eigenvalue weighted by atomic mass is 16.5. The van der Waals surface area contributed by atoms with E-state index >= 15 is 0 Å². The Morgan fingerprint density at radius 2 is 1.67 bits per heavy atom. The lowest BCUT2D eigenvalue weighted by Crippen LogP contribution is -2.34. The molecule has 1 heterocycles. The highest BCUT2D eigenvalue weighted by Crippen LogP contribution is 2.25. The number of anilines is 1. The van der Waals surface area contributed by atoms with Crippen LogP contribution in [0.15, 0.2) is 88.1 Å². The Kier molecular flexibility index (Phi) is 5.35. The third-order valence-corrected chi connectivity index (χ3v) is 5.02. The maximum atomic E-state index is 13.5. The van der Waals surface area contributed by atoms with Gasteiger partial charge in [0.2, 0.25) is 0 Å². The molecule has 0 aliphatic rings. The van der Waals surface area contributed by atoms with Crippen LogP contribution in [-0.2, 0) is 6.54 Å². The van der Waals surface area contributed by atoms with Gasteiger partial charge in [-0.25, -0.2) is 4.79 Å². The largest absolute Gasteiger partial charge is 0.497 e. The number of aryl methyl sites for hydroxylation is 1. The Bertz CT molecular complexity index is 1260. The Morgan fingerprint density at radius 3 is 2.40 bits per heavy atom. The van der Waals surface area contributed by atoms with E-state index in [1.165, 1.54) is 0 Å². The first-order chi connectivity index (χ1) is 14.6. The van der Waals surface area contributed by atoms with Crippen LogP contribution in [0.1, 0.15) is 21.5 Å². The number of benzene rings is 3. The Hall–Kier alpha value is -3.86. The minimum Gasteiger partial charge on any atom is -0.497 e. The number of nitrogens with zero attached hydrogens (tertiary/aromatic N) is 1. The lowest BCUT2D eigenvalue weighted by atomic mass is 10.1. The van der Waals surface area contributed by atoms with Gasteiger partial charge in [0.25, 0.3) is 5.91 Å². The van der Waals surface area contributed by atoms with Crippen LogP contribution in [-0.4, -0.2) is 13.0 Å². The van der Waals surface area contributed by atoms with Gasteiger partial charge in [-0.1, -0.05) is 48.5 Å². The summed E-state index contributed by atoms with van der Waals surface area (Å²) in [6, 6.07) is 23.9. The number of fused-ring (bicyclic) bond motifs is 1. The predicted molar refractivity (Wildman–Crippen MR) is 117 cm³/mol. The van der Waals surface area contributed by atoms with Crippen molar-refractivity contribution in [3.05, 3.63) is 106 Å². The molecular formula is C25H21NO4. The van der Waals surface area contributed by atoms with Crippen molar-refractivity contribution in [3.63, 3.8) is 0 Å². The van der Waals surface area contributed by atoms with Crippen molar-refractivity contribution in [2.24, 2.45) is 0 Å². The van der Waals surface area contributed by atoms with Gasteiger partial charge in [0, 0.05) is 11.1 Å². The third kappa shape index (κ3) is 3.82. The van der Waals surface area contributed by atoms with Crippen LogP contribution in [0.4, 0.5) is 5.69 Å². The first-order valence-electron chi connectivity index (χ1n) is 9.60. The SMILES string of the molecule is COc1ccc(CN(C(=O)c2cc3ccccc3oc2=O)c2ccccc2C)cc1. The van der Waals surface area contributed by atoms with Gasteiger partial charge in [0.05, 0.1) is 13.7 Å². The van der Waals surface area contributed by atoms with Gasteiger partial charge in [-0.05, 0) is 48.4 Å². The molecule has 1 aromatic heterocycles. The highest BCUT2D eigenvalue weighted by molar-refractivity contribution is 6.07.